The van der Waals surface area contributed by atoms with E-state index in [-0.39, 0.29) is 108 Å². The van der Waals surface area contributed by atoms with Crippen molar-refractivity contribution >= 4 is 138 Å². The maximum atomic E-state index is 12.0. The Hall–Kier alpha value is -5.99. The zero-order chi connectivity index (χ0) is 53.8. The third-order valence-electron chi connectivity index (χ3n) is 9.52. The van der Waals surface area contributed by atoms with Crippen molar-refractivity contribution in [3.63, 3.8) is 0 Å². The third kappa shape index (κ3) is 17.3. The number of rotatable bonds is 25. The lowest BCUT2D eigenvalue weighted by Crippen LogP contribution is -2.12. The van der Waals surface area contributed by atoms with Gasteiger partial charge in [0, 0.05) is 25.8 Å². The van der Waals surface area contributed by atoms with Crippen LogP contribution in [0.25, 0.3) is 0 Å². The van der Waals surface area contributed by atoms with Crippen LogP contribution in [0.4, 0.5) is 52.0 Å². The Balaban J connectivity index is 1.39. The Labute approximate surface area is 451 Å². The predicted molar refractivity (Wildman–Crippen MR) is 286 cm³/mol. The summed E-state index contributed by atoms with van der Waals surface area (Å²) in [5, 5.41) is 26.1. The fourth-order valence-corrected chi connectivity index (χ4v) is 9.65. The molecule has 0 saturated heterocycles. The van der Waals surface area contributed by atoms with Gasteiger partial charge in [-0.05, 0) is 112 Å². The Morgan fingerprint density at radius 2 is 0.946 bits per heavy atom. The van der Waals surface area contributed by atoms with Gasteiger partial charge in [-0.25, -0.2) is 0 Å². The van der Waals surface area contributed by atoms with Crippen LogP contribution in [0.3, 0.4) is 0 Å². The van der Waals surface area contributed by atoms with Crippen LogP contribution in [0.2, 0.25) is 0 Å². The molecule has 0 radical (unpaired) electrons. The quantitative estimate of drug-likeness (QED) is 0.0122. The monoisotopic (exact) mass is 1320 g/mol. The Bertz CT molecular complexity index is 3340. The van der Waals surface area contributed by atoms with Gasteiger partial charge in [-0.1, -0.05) is 30.3 Å². The normalized spacial score (nSPS) is 12.2. The lowest BCUT2D eigenvalue weighted by Gasteiger charge is -2.17. The molecule has 1 aromatic heterocycles. The fourth-order valence-electron chi connectivity index (χ4n) is 6.19. The number of benzene rings is 5. The molecule has 32 heteroatoms. The summed E-state index contributed by atoms with van der Waals surface area (Å²) in [5.74, 6) is -1.47. The van der Waals surface area contributed by atoms with E-state index in [1.165, 1.54) is 50.6 Å². The van der Waals surface area contributed by atoms with Crippen molar-refractivity contribution in [2.24, 2.45) is 20.5 Å². The summed E-state index contributed by atoms with van der Waals surface area (Å²) >= 11 is 3.91. The minimum Gasteiger partial charge on any atom is -0.495 e. The van der Waals surface area contributed by atoms with E-state index < -0.39 is 61.8 Å². The van der Waals surface area contributed by atoms with E-state index in [0.717, 1.165) is 17.7 Å². The highest BCUT2D eigenvalue weighted by Crippen LogP contribution is 2.40. The molecule has 0 bridgehead atoms. The van der Waals surface area contributed by atoms with E-state index >= 15 is 0 Å². The zero-order valence-electron chi connectivity index (χ0n) is 38.3. The van der Waals surface area contributed by atoms with Crippen LogP contribution in [-0.2, 0) is 47.0 Å². The summed E-state index contributed by atoms with van der Waals surface area (Å²) in [6.07, 6.45) is -0.261. The minimum atomic E-state index is -4.71. The van der Waals surface area contributed by atoms with Crippen LogP contribution in [0.15, 0.2) is 121 Å². The van der Waals surface area contributed by atoms with Crippen LogP contribution in [0.5, 0.6) is 23.0 Å². The number of nitrogens with one attached hydrogen (secondary N) is 3. The molecule has 0 atom stereocenters. The Morgan fingerprint density at radius 3 is 1.34 bits per heavy atom. The molecule has 0 saturated carbocycles. The first-order valence-corrected chi connectivity index (χ1v) is 29.2. The van der Waals surface area contributed by atoms with Gasteiger partial charge in [0.05, 0.1) is 61.7 Å². The number of nitrogens with zero attached hydrogens (tertiary/aromatic N) is 7. The van der Waals surface area contributed by atoms with Gasteiger partial charge >= 0.3 is 0 Å². The van der Waals surface area contributed by atoms with E-state index in [4.69, 9.17) is 18.9 Å². The van der Waals surface area contributed by atoms with Crippen LogP contribution >= 0.6 is 45.2 Å². The number of anilines is 5. The summed E-state index contributed by atoms with van der Waals surface area (Å²) in [5.41, 5.74) is 1.75. The maximum absolute atomic E-state index is 12.0. The van der Waals surface area contributed by atoms with E-state index in [2.05, 4.69) is 51.4 Å². The molecule has 0 amide bonds. The van der Waals surface area contributed by atoms with Crippen molar-refractivity contribution in [3.05, 3.63) is 104 Å². The molecule has 26 nitrogen and oxygen atoms in total. The van der Waals surface area contributed by atoms with Crippen LogP contribution in [-0.4, -0.2) is 106 Å². The molecule has 0 spiro atoms. The van der Waals surface area contributed by atoms with Crippen molar-refractivity contribution in [3.8, 4) is 23.0 Å². The smallest absolute Gasteiger partial charge is 0.298 e. The van der Waals surface area contributed by atoms with Crippen molar-refractivity contribution in [2.45, 2.75) is 29.2 Å². The second-order valence-corrected chi connectivity index (χ2v) is 23.2. The van der Waals surface area contributed by atoms with E-state index in [0.29, 0.717) is 7.14 Å². The van der Waals surface area contributed by atoms with Crippen molar-refractivity contribution in [1.82, 2.24) is 15.0 Å². The van der Waals surface area contributed by atoms with Crippen LogP contribution < -0.4 is 34.9 Å². The summed E-state index contributed by atoms with van der Waals surface area (Å²) in [7, 11) is -15.6. The molecule has 0 aliphatic carbocycles. The van der Waals surface area contributed by atoms with Gasteiger partial charge in [0.25, 0.3) is 40.5 Å². The first-order chi connectivity index (χ1) is 34.9. The largest absolute Gasteiger partial charge is 0.495 e. The molecule has 74 heavy (non-hydrogen) atoms. The van der Waals surface area contributed by atoms with E-state index in [9.17, 15) is 51.9 Å². The van der Waals surface area contributed by atoms with E-state index in [1.807, 2.05) is 75.5 Å². The number of azo groups is 2. The van der Waals surface area contributed by atoms with Gasteiger partial charge in [-0.2, -0.15) is 58.9 Å². The molecule has 5 aromatic carbocycles. The number of aromatic nitrogens is 3. The average Bonchev–Trinajstić information content (AvgIpc) is 3.32. The highest BCUT2D eigenvalue weighted by Gasteiger charge is 2.21. The summed E-state index contributed by atoms with van der Waals surface area (Å²) < 4.78 is 155. The van der Waals surface area contributed by atoms with Crippen molar-refractivity contribution in [2.75, 3.05) is 54.9 Å². The molecular formula is C42H42I2N10O16S4. The van der Waals surface area contributed by atoms with Gasteiger partial charge in [-0.3, -0.25) is 18.2 Å². The molecule has 394 valence electrons. The second-order valence-electron chi connectivity index (χ2n) is 15.0. The standard InChI is InChI=1S/C42H42I2N10O16S4/c1-67-34-12-10-26(18-38(34)73(61,62)63)51-53-30-22-36(69-14-6-16-71(55,56)57)32(20-28(30)43)46-41-48-40(45-24-25-8-4-3-5-9-25)49-42(50-41)47-33-21-29(44)31(23-37(33)70-15-7-17-72(58,59)60)54-52-27-11-13-35(68-2)39(19-27)74(64,65)66/h3-5,8-13,18-23H,6-7,14-17,24H2,1-2H3,(H,55,56,57)(H,58,59,60)(H,61,62,63)(H,64,65,66)(H3,45,46,47,48,49,50). The number of halogens is 2. The van der Waals surface area contributed by atoms with Crippen LogP contribution in [0, 0.1) is 7.14 Å². The molecule has 0 aliphatic heterocycles. The number of hydrogen-bond donors (Lipinski definition) is 7. The highest BCUT2D eigenvalue weighted by atomic mass is 127. The minimum absolute atomic E-state index is 0.0265. The molecule has 0 aliphatic rings. The van der Waals surface area contributed by atoms with Gasteiger partial charge in [0.2, 0.25) is 17.8 Å². The first kappa shape index (κ1) is 57.3. The van der Waals surface area contributed by atoms with Gasteiger partial charge in [-0.15, -0.1) is 10.2 Å². The maximum Gasteiger partial charge on any atom is 0.298 e. The topological polar surface area (TPSA) is 379 Å². The molecule has 6 aromatic rings. The first-order valence-electron chi connectivity index (χ1n) is 20.9. The second kappa shape index (κ2) is 25.0. The Morgan fingerprint density at radius 1 is 0.527 bits per heavy atom. The Kier molecular flexibility index (Phi) is 19.4. The molecule has 0 fully saturated rings. The lowest BCUT2D eigenvalue weighted by atomic mass is 10.2. The molecule has 1 heterocycles. The fraction of sp³-hybridized carbons (Fsp3) is 0.214. The van der Waals surface area contributed by atoms with Crippen molar-refractivity contribution < 1.29 is 70.8 Å². The van der Waals surface area contributed by atoms with Crippen molar-refractivity contribution in [1.29, 1.82) is 0 Å². The van der Waals surface area contributed by atoms with Crippen LogP contribution in [0.1, 0.15) is 18.4 Å². The van der Waals surface area contributed by atoms with Gasteiger partial charge < -0.3 is 34.9 Å². The summed E-state index contributed by atoms with van der Waals surface area (Å²) in [6.45, 7) is -0.186. The molecule has 6 rings (SSSR count). The van der Waals surface area contributed by atoms with Gasteiger partial charge in [0.15, 0.2) is 0 Å². The predicted octanol–water partition coefficient (Wildman–Crippen LogP) is 8.83. The molecular weight excluding hydrogens is 1280 g/mol. The van der Waals surface area contributed by atoms with E-state index in [1.54, 1.807) is 12.1 Å². The highest BCUT2D eigenvalue weighted by molar-refractivity contribution is 14.1. The number of hydrogen-bond acceptors (Lipinski definition) is 22. The number of methoxy groups -OCH3 is 2. The number of ether oxygens (including phenoxy) is 4. The zero-order valence-corrected chi connectivity index (χ0v) is 45.9. The lowest BCUT2D eigenvalue weighted by molar-refractivity contribution is 0.317. The summed E-state index contributed by atoms with van der Waals surface area (Å²) in [4.78, 5) is 12.6. The molecule has 7 N–H and O–H groups in total. The SMILES string of the molecule is COc1ccc(N=Nc2cc(OCCCS(=O)(=O)O)c(Nc3nc(NCc4ccccc4)nc(Nc4cc(I)c(N=Nc5ccc(OC)c(S(=O)(=O)O)c5)cc4OCCCS(=O)(=O)O)n3)cc2I)cc1S(=O)(=O)O. The molecule has 0 unspecified atom stereocenters. The average molecular weight is 1320 g/mol. The summed E-state index contributed by atoms with van der Waals surface area (Å²) in [6, 6.07) is 22.8. The third-order valence-corrected chi connectivity index (χ3v) is 14.6. The van der Waals surface area contributed by atoms with Gasteiger partial charge in [0.1, 0.15) is 44.2 Å².